The molecule has 0 saturated carbocycles. The first-order valence-corrected chi connectivity index (χ1v) is 14.9. The number of carbonyl (C=O) groups excluding carboxylic acids is 5. The molecule has 1 saturated heterocycles. The van der Waals surface area contributed by atoms with E-state index >= 15 is 0 Å². The third kappa shape index (κ3) is 8.09. The molecule has 1 aliphatic carbocycles. The zero-order chi connectivity index (χ0) is 30.8. The summed E-state index contributed by atoms with van der Waals surface area (Å²) in [7, 11) is 0. The fourth-order valence-electron chi connectivity index (χ4n) is 5.82. The summed E-state index contributed by atoms with van der Waals surface area (Å²) in [5.41, 5.74) is 3.06. The van der Waals surface area contributed by atoms with Crippen LogP contribution in [0.3, 0.4) is 0 Å². The monoisotopic (exact) mass is 588 g/mol. The Balaban J connectivity index is 1.48. The number of alkyl carbamates (subject to hydrolysis) is 1. The van der Waals surface area contributed by atoms with Gasteiger partial charge in [-0.25, -0.2) is 4.79 Å². The molecule has 0 radical (unpaired) electrons. The van der Waals surface area contributed by atoms with E-state index in [-0.39, 0.29) is 31.4 Å². The lowest BCUT2D eigenvalue weighted by molar-refractivity contribution is -0.143. The minimum Gasteiger partial charge on any atom is -0.445 e. The van der Waals surface area contributed by atoms with E-state index in [1.54, 1.807) is 0 Å². The molecule has 0 spiro atoms. The highest BCUT2D eigenvalue weighted by molar-refractivity contribution is 6.38. The second-order valence-electron chi connectivity index (χ2n) is 11.0. The summed E-state index contributed by atoms with van der Waals surface area (Å²) in [6.07, 6.45) is 3.80. The Labute approximate surface area is 252 Å². The van der Waals surface area contributed by atoms with Gasteiger partial charge in [0.05, 0.1) is 6.04 Å². The van der Waals surface area contributed by atoms with Crippen molar-refractivity contribution in [3.8, 4) is 0 Å². The van der Waals surface area contributed by atoms with E-state index in [2.05, 4.69) is 22.5 Å². The van der Waals surface area contributed by atoms with Gasteiger partial charge in [-0.2, -0.15) is 0 Å². The summed E-state index contributed by atoms with van der Waals surface area (Å²) >= 11 is 0. The molecule has 228 valence electrons. The Kier molecular flexibility index (Phi) is 11.1. The molecule has 2 aromatic carbocycles. The van der Waals surface area contributed by atoms with E-state index in [0.29, 0.717) is 38.6 Å². The number of carbonyl (C=O) groups is 5. The van der Waals surface area contributed by atoms with Gasteiger partial charge in [-0.3, -0.25) is 19.2 Å². The standard InChI is InChI=1S/C33H40N4O6/c1-3-11-26(29(38)31(40)34-17-4-2)35-30(39)27-16-10-18-37(27)32(41)28(25-19-23-14-8-9-15-24(23)20-25)36-33(42)43-21-22-12-6-5-7-13-22/h4-9,12-15,25-28H,2-3,10-11,16-21H2,1H3,(H,34,40)(H,35,39)(H,36,42)/t26?,27-,28-/m0/s1. The molecular weight excluding hydrogens is 548 g/mol. The van der Waals surface area contributed by atoms with Crippen molar-refractivity contribution < 1.29 is 28.7 Å². The fraction of sp³-hybridized carbons (Fsp3) is 0.424. The summed E-state index contributed by atoms with van der Waals surface area (Å²) in [5, 5.41) is 8.00. The number of amides is 4. The minimum atomic E-state index is -1.01. The highest BCUT2D eigenvalue weighted by atomic mass is 16.5. The Morgan fingerprint density at radius 3 is 2.33 bits per heavy atom. The van der Waals surface area contributed by atoms with Crippen LogP contribution >= 0.6 is 0 Å². The lowest BCUT2D eigenvalue weighted by atomic mass is 9.95. The van der Waals surface area contributed by atoms with Crippen LogP contribution in [0.2, 0.25) is 0 Å². The molecular formula is C33H40N4O6. The summed E-state index contributed by atoms with van der Waals surface area (Å²) in [6, 6.07) is 14.5. The van der Waals surface area contributed by atoms with Crippen LogP contribution in [0.15, 0.2) is 67.3 Å². The van der Waals surface area contributed by atoms with Gasteiger partial charge in [0.1, 0.15) is 18.7 Å². The van der Waals surface area contributed by atoms with Crippen molar-refractivity contribution in [3.63, 3.8) is 0 Å². The first-order chi connectivity index (χ1) is 20.8. The van der Waals surface area contributed by atoms with E-state index in [0.717, 1.165) is 16.7 Å². The van der Waals surface area contributed by atoms with Crippen LogP contribution in [0.1, 0.15) is 49.3 Å². The van der Waals surface area contributed by atoms with Gasteiger partial charge in [-0.05, 0) is 54.7 Å². The van der Waals surface area contributed by atoms with E-state index in [1.807, 2.05) is 61.5 Å². The molecule has 1 fully saturated rings. The third-order valence-electron chi connectivity index (χ3n) is 7.99. The van der Waals surface area contributed by atoms with Gasteiger partial charge >= 0.3 is 6.09 Å². The lowest BCUT2D eigenvalue weighted by Gasteiger charge is -2.32. The largest absolute Gasteiger partial charge is 0.445 e. The Morgan fingerprint density at radius 1 is 1.00 bits per heavy atom. The normalized spacial score (nSPS) is 17.3. The van der Waals surface area contributed by atoms with Crippen LogP contribution in [0, 0.1) is 5.92 Å². The second kappa shape index (κ2) is 15.1. The molecule has 1 heterocycles. The summed E-state index contributed by atoms with van der Waals surface area (Å²) in [5.74, 6) is -2.61. The van der Waals surface area contributed by atoms with Crippen LogP contribution in [0.25, 0.3) is 0 Å². The van der Waals surface area contributed by atoms with Gasteiger partial charge in [0.25, 0.3) is 5.91 Å². The van der Waals surface area contributed by atoms with E-state index in [9.17, 15) is 24.0 Å². The maximum atomic E-state index is 14.1. The molecule has 43 heavy (non-hydrogen) atoms. The summed E-state index contributed by atoms with van der Waals surface area (Å²) < 4.78 is 5.46. The van der Waals surface area contributed by atoms with Gasteiger partial charge in [0.2, 0.25) is 17.6 Å². The van der Waals surface area contributed by atoms with Gasteiger partial charge in [-0.15, -0.1) is 6.58 Å². The molecule has 10 nitrogen and oxygen atoms in total. The molecule has 1 unspecified atom stereocenters. The maximum absolute atomic E-state index is 14.1. The van der Waals surface area contributed by atoms with E-state index < -0.39 is 41.8 Å². The second-order valence-corrected chi connectivity index (χ2v) is 11.0. The third-order valence-corrected chi connectivity index (χ3v) is 7.99. The molecule has 0 bridgehead atoms. The predicted octanol–water partition coefficient (Wildman–Crippen LogP) is 2.84. The van der Waals surface area contributed by atoms with Crippen LogP contribution in [-0.2, 0) is 43.4 Å². The number of ether oxygens (including phenoxy) is 1. The number of likely N-dealkylation sites (tertiary alicyclic amines) is 1. The summed E-state index contributed by atoms with van der Waals surface area (Å²) in [4.78, 5) is 67.1. The van der Waals surface area contributed by atoms with Crippen LogP contribution in [0.5, 0.6) is 0 Å². The highest BCUT2D eigenvalue weighted by Crippen LogP contribution is 2.31. The molecule has 3 atom stereocenters. The van der Waals surface area contributed by atoms with Crippen molar-refractivity contribution in [1.82, 2.24) is 20.9 Å². The first kappa shape index (κ1) is 31.5. The van der Waals surface area contributed by atoms with Crippen molar-refractivity contribution in [1.29, 1.82) is 0 Å². The van der Waals surface area contributed by atoms with Crippen LogP contribution in [0.4, 0.5) is 4.79 Å². The average Bonchev–Trinajstić information content (AvgIpc) is 3.69. The van der Waals surface area contributed by atoms with Crippen LogP contribution < -0.4 is 16.0 Å². The van der Waals surface area contributed by atoms with Crippen LogP contribution in [-0.4, -0.2) is 65.7 Å². The molecule has 10 heteroatoms. The van der Waals surface area contributed by atoms with Crippen molar-refractivity contribution in [2.75, 3.05) is 13.1 Å². The number of rotatable bonds is 13. The number of nitrogens with zero attached hydrogens (tertiary/aromatic N) is 1. The van der Waals surface area contributed by atoms with Gasteiger partial charge in [-0.1, -0.05) is 74.0 Å². The number of fused-ring (bicyclic) bond motifs is 1. The average molecular weight is 589 g/mol. The molecule has 2 aliphatic rings. The fourth-order valence-corrected chi connectivity index (χ4v) is 5.82. The zero-order valence-corrected chi connectivity index (χ0v) is 24.6. The van der Waals surface area contributed by atoms with Crippen molar-refractivity contribution >= 4 is 29.6 Å². The molecule has 3 N–H and O–H groups in total. The SMILES string of the molecule is C=CCNC(=O)C(=O)C(CCC)NC(=O)[C@@H]1CCCN1C(=O)[C@@H](NC(=O)OCc1ccccc1)C1Cc2ccccc2C1. The predicted molar refractivity (Wildman–Crippen MR) is 161 cm³/mol. The zero-order valence-electron chi connectivity index (χ0n) is 24.6. The Morgan fingerprint density at radius 2 is 1.67 bits per heavy atom. The number of Topliss-reactive ketones (excluding diaryl/α,β-unsaturated/α-hetero) is 1. The van der Waals surface area contributed by atoms with Crippen molar-refractivity contribution in [2.24, 2.45) is 5.92 Å². The highest BCUT2D eigenvalue weighted by Gasteiger charge is 2.43. The minimum absolute atomic E-state index is 0.0560. The van der Waals surface area contributed by atoms with E-state index in [4.69, 9.17) is 4.74 Å². The van der Waals surface area contributed by atoms with Crippen molar-refractivity contribution in [3.05, 3.63) is 83.9 Å². The molecule has 1 aliphatic heterocycles. The van der Waals surface area contributed by atoms with Gasteiger partial charge in [0, 0.05) is 13.1 Å². The smallest absolute Gasteiger partial charge is 0.408 e. The number of benzene rings is 2. The van der Waals surface area contributed by atoms with Gasteiger partial charge in [0.15, 0.2) is 0 Å². The molecule has 4 rings (SSSR count). The lowest BCUT2D eigenvalue weighted by Crippen LogP contribution is -2.58. The molecule has 2 aromatic rings. The number of hydrogen-bond acceptors (Lipinski definition) is 6. The molecule has 0 aromatic heterocycles. The molecule has 4 amide bonds. The summed E-state index contributed by atoms with van der Waals surface area (Å²) in [6.45, 7) is 5.90. The first-order valence-electron chi connectivity index (χ1n) is 14.9. The number of nitrogens with one attached hydrogen (secondary N) is 3. The Bertz CT molecular complexity index is 1300. The Hall–Kier alpha value is -4.47. The van der Waals surface area contributed by atoms with Crippen molar-refractivity contribution in [2.45, 2.75) is 70.2 Å². The number of hydrogen-bond donors (Lipinski definition) is 3. The topological polar surface area (TPSA) is 134 Å². The van der Waals surface area contributed by atoms with Gasteiger partial charge < -0.3 is 25.6 Å². The number of ketones is 1. The quantitative estimate of drug-likeness (QED) is 0.243. The maximum Gasteiger partial charge on any atom is 0.408 e. The van der Waals surface area contributed by atoms with E-state index in [1.165, 1.54) is 11.0 Å².